The van der Waals surface area contributed by atoms with E-state index >= 15 is 0 Å². The largest absolute Gasteiger partial charge is 0.358 e. The number of amides is 1. The first-order valence-corrected chi connectivity index (χ1v) is 6.75. The zero-order chi connectivity index (χ0) is 12.6. The molecule has 18 heavy (non-hydrogen) atoms. The van der Waals surface area contributed by atoms with Crippen molar-refractivity contribution in [2.45, 2.75) is 31.2 Å². The summed E-state index contributed by atoms with van der Waals surface area (Å²) in [5.41, 5.74) is 3.28. The molecular weight excluding hydrogens is 224 g/mol. The molecule has 1 aromatic carbocycles. The Hall–Kier alpha value is -1.35. The van der Waals surface area contributed by atoms with Gasteiger partial charge in [0.15, 0.2) is 0 Å². The van der Waals surface area contributed by atoms with Crippen LogP contribution in [-0.4, -0.2) is 30.9 Å². The van der Waals surface area contributed by atoms with Gasteiger partial charge >= 0.3 is 0 Å². The van der Waals surface area contributed by atoms with Crippen molar-refractivity contribution in [2.24, 2.45) is 0 Å². The van der Waals surface area contributed by atoms with E-state index in [-0.39, 0.29) is 5.91 Å². The minimum Gasteiger partial charge on any atom is -0.358 e. The Kier molecular flexibility index (Phi) is 2.86. The van der Waals surface area contributed by atoms with Crippen LogP contribution in [0.3, 0.4) is 0 Å². The normalized spacial score (nSPS) is 21.2. The molecule has 0 saturated heterocycles. The van der Waals surface area contributed by atoms with E-state index in [0.29, 0.717) is 12.0 Å². The van der Waals surface area contributed by atoms with Crippen LogP contribution >= 0.6 is 0 Å². The molecule has 1 N–H and O–H groups in total. The third kappa shape index (κ3) is 1.83. The fourth-order valence-corrected chi connectivity index (χ4v) is 3.41. The van der Waals surface area contributed by atoms with Gasteiger partial charge in [-0.3, -0.25) is 9.69 Å². The maximum atomic E-state index is 11.6. The van der Waals surface area contributed by atoms with Gasteiger partial charge in [0.25, 0.3) is 0 Å². The number of nitrogens with zero attached hydrogens (tertiary/aromatic N) is 1. The van der Waals surface area contributed by atoms with Crippen molar-refractivity contribution in [3.8, 4) is 0 Å². The highest BCUT2D eigenvalue weighted by Gasteiger charge is 2.44. The van der Waals surface area contributed by atoms with Crippen molar-refractivity contribution in [1.29, 1.82) is 0 Å². The van der Waals surface area contributed by atoms with E-state index in [9.17, 15) is 4.79 Å². The van der Waals surface area contributed by atoms with Gasteiger partial charge in [0, 0.05) is 25.6 Å². The Morgan fingerprint density at radius 2 is 2.17 bits per heavy atom. The molecule has 3 rings (SSSR count). The molecule has 2 aliphatic rings. The minimum atomic E-state index is 0.115. The van der Waals surface area contributed by atoms with E-state index in [2.05, 4.69) is 34.5 Å². The minimum absolute atomic E-state index is 0.115. The first kappa shape index (κ1) is 11.7. The van der Waals surface area contributed by atoms with Crippen LogP contribution in [0.15, 0.2) is 24.3 Å². The number of carbonyl (C=O) groups excluding carboxylic acids is 1. The van der Waals surface area contributed by atoms with Gasteiger partial charge in [-0.15, -0.1) is 0 Å². The molecule has 0 radical (unpaired) electrons. The van der Waals surface area contributed by atoms with Crippen LogP contribution in [0, 0.1) is 0 Å². The van der Waals surface area contributed by atoms with Crippen LogP contribution in [0.2, 0.25) is 0 Å². The van der Waals surface area contributed by atoms with Gasteiger partial charge in [-0.25, -0.2) is 0 Å². The lowest BCUT2D eigenvalue weighted by Crippen LogP contribution is -2.51. The smallest absolute Gasteiger partial charge is 0.233 e. The second-order valence-electron chi connectivity index (χ2n) is 5.61. The van der Waals surface area contributed by atoms with Gasteiger partial charge in [0.2, 0.25) is 5.91 Å². The Labute approximate surface area is 108 Å². The van der Waals surface area contributed by atoms with Crippen molar-refractivity contribution < 1.29 is 4.79 Å². The number of rotatable bonds is 2. The summed E-state index contributed by atoms with van der Waals surface area (Å²) in [4.78, 5) is 13.8. The molecule has 0 atom stereocenters. The first-order valence-electron chi connectivity index (χ1n) is 6.75. The molecule has 1 aliphatic heterocycles. The summed E-state index contributed by atoms with van der Waals surface area (Å²) in [7, 11) is 1.71. The molecular formula is C15H20N2O. The highest BCUT2D eigenvalue weighted by atomic mass is 16.1. The molecule has 0 bridgehead atoms. The van der Waals surface area contributed by atoms with Gasteiger partial charge in [-0.05, 0) is 24.0 Å². The van der Waals surface area contributed by atoms with Crippen molar-refractivity contribution in [2.75, 3.05) is 20.1 Å². The van der Waals surface area contributed by atoms with E-state index in [1.165, 1.54) is 30.4 Å². The summed E-state index contributed by atoms with van der Waals surface area (Å²) in [6.07, 6.45) is 3.87. The van der Waals surface area contributed by atoms with Crippen LogP contribution in [-0.2, 0) is 16.8 Å². The molecule has 3 heteroatoms. The number of hydrogen-bond donors (Lipinski definition) is 1. The third-order valence-corrected chi connectivity index (χ3v) is 4.47. The van der Waals surface area contributed by atoms with E-state index in [4.69, 9.17) is 0 Å². The fourth-order valence-electron chi connectivity index (χ4n) is 3.41. The van der Waals surface area contributed by atoms with E-state index in [0.717, 1.165) is 13.1 Å². The molecule has 1 spiro atoms. The fraction of sp³-hybridized carbons (Fsp3) is 0.533. The van der Waals surface area contributed by atoms with Crippen molar-refractivity contribution >= 4 is 5.91 Å². The Bertz CT molecular complexity index is 465. The van der Waals surface area contributed by atoms with Crippen molar-refractivity contribution in [3.05, 3.63) is 35.4 Å². The van der Waals surface area contributed by atoms with Gasteiger partial charge in [0.1, 0.15) is 0 Å². The van der Waals surface area contributed by atoms with Gasteiger partial charge in [0.05, 0.1) is 6.54 Å². The summed E-state index contributed by atoms with van der Waals surface area (Å²) in [6, 6.07) is 8.75. The summed E-state index contributed by atoms with van der Waals surface area (Å²) in [6.45, 7) is 2.47. The van der Waals surface area contributed by atoms with Crippen LogP contribution in [0.1, 0.15) is 30.4 Å². The lowest BCUT2D eigenvalue weighted by molar-refractivity contribution is -0.122. The summed E-state index contributed by atoms with van der Waals surface area (Å²) < 4.78 is 0. The summed E-state index contributed by atoms with van der Waals surface area (Å²) >= 11 is 0. The highest BCUT2D eigenvalue weighted by Crippen LogP contribution is 2.48. The Morgan fingerprint density at radius 1 is 1.39 bits per heavy atom. The number of likely N-dealkylation sites (N-methyl/N-ethyl adjacent to an activating group) is 1. The topological polar surface area (TPSA) is 32.3 Å². The van der Waals surface area contributed by atoms with E-state index < -0.39 is 0 Å². The highest BCUT2D eigenvalue weighted by molar-refractivity contribution is 5.77. The molecule has 1 aromatic rings. The van der Waals surface area contributed by atoms with Crippen LogP contribution in [0.4, 0.5) is 0 Å². The predicted octanol–water partition coefficient (Wildman–Crippen LogP) is 1.67. The molecule has 1 heterocycles. The molecule has 1 amide bonds. The molecule has 0 unspecified atom stereocenters. The van der Waals surface area contributed by atoms with Gasteiger partial charge < -0.3 is 5.32 Å². The molecule has 0 aromatic heterocycles. The summed E-state index contributed by atoms with van der Waals surface area (Å²) in [5, 5.41) is 2.72. The maximum Gasteiger partial charge on any atom is 0.233 e. The lowest BCUT2D eigenvalue weighted by Gasteiger charge is -2.50. The van der Waals surface area contributed by atoms with Crippen molar-refractivity contribution in [1.82, 2.24) is 10.2 Å². The van der Waals surface area contributed by atoms with Gasteiger partial charge in [-0.2, -0.15) is 0 Å². The molecule has 1 fully saturated rings. The Balaban J connectivity index is 1.87. The molecule has 3 nitrogen and oxygen atoms in total. The SMILES string of the molecule is CNC(=O)CN1Cc2ccccc2C2(CCC2)C1. The number of fused-ring (bicyclic) bond motifs is 2. The average molecular weight is 244 g/mol. The summed E-state index contributed by atoms with van der Waals surface area (Å²) in [5.74, 6) is 0.115. The van der Waals surface area contributed by atoms with Crippen LogP contribution < -0.4 is 5.32 Å². The van der Waals surface area contributed by atoms with Crippen molar-refractivity contribution in [3.63, 3.8) is 0 Å². The second-order valence-corrected chi connectivity index (χ2v) is 5.61. The number of hydrogen-bond acceptors (Lipinski definition) is 2. The molecule has 96 valence electrons. The Morgan fingerprint density at radius 3 is 2.83 bits per heavy atom. The average Bonchev–Trinajstić information content (AvgIpc) is 2.35. The maximum absolute atomic E-state index is 11.6. The number of benzene rings is 1. The lowest BCUT2D eigenvalue weighted by atomic mass is 9.61. The zero-order valence-electron chi connectivity index (χ0n) is 10.9. The van der Waals surface area contributed by atoms with E-state index in [1.54, 1.807) is 7.05 Å². The zero-order valence-corrected chi connectivity index (χ0v) is 10.9. The van der Waals surface area contributed by atoms with E-state index in [1.807, 2.05) is 0 Å². The predicted molar refractivity (Wildman–Crippen MR) is 71.3 cm³/mol. The monoisotopic (exact) mass is 244 g/mol. The quantitative estimate of drug-likeness (QED) is 0.858. The first-order chi connectivity index (χ1) is 8.73. The van der Waals surface area contributed by atoms with Crippen LogP contribution in [0.5, 0.6) is 0 Å². The number of nitrogens with one attached hydrogen (secondary N) is 1. The number of carbonyl (C=O) groups is 1. The molecule has 1 aliphatic carbocycles. The second kappa shape index (κ2) is 4.39. The van der Waals surface area contributed by atoms with Gasteiger partial charge in [-0.1, -0.05) is 30.7 Å². The van der Waals surface area contributed by atoms with Crippen LogP contribution in [0.25, 0.3) is 0 Å². The third-order valence-electron chi connectivity index (χ3n) is 4.47. The molecule has 1 saturated carbocycles. The standard InChI is InChI=1S/C15H20N2O/c1-16-14(18)10-17-9-12-5-2-3-6-13(12)15(11-17)7-4-8-15/h2-3,5-6H,4,7-11H2,1H3,(H,16,18).